The van der Waals surface area contributed by atoms with Crippen LogP contribution in [0.3, 0.4) is 0 Å². The molecule has 2 aromatic carbocycles. The van der Waals surface area contributed by atoms with Crippen molar-refractivity contribution in [3.63, 3.8) is 0 Å². The van der Waals surface area contributed by atoms with Crippen molar-refractivity contribution in [1.29, 1.82) is 0 Å². The number of halogens is 4. The SMILES string of the molecule is O=C1C[C@H](C(F)(F)F)N(C(=O)Cn2cnc3ccc(Br)cc3c2=O)c2ccccc2N1. The standard InChI is InChI=1S/C20H14BrF3N4O3/c21-11-5-6-13-12(7-11)19(31)27(10-25-13)9-18(30)28-15-4-2-1-3-14(15)26-17(29)8-16(28)20(22,23)24/h1-7,10,16H,8-9H2,(H,26,29)/t16-/m1/s1. The first-order valence-corrected chi connectivity index (χ1v) is 9.87. The van der Waals surface area contributed by atoms with Gasteiger partial charge in [0.05, 0.1) is 35.0 Å². The summed E-state index contributed by atoms with van der Waals surface area (Å²) in [5.74, 6) is -1.86. The summed E-state index contributed by atoms with van der Waals surface area (Å²) >= 11 is 3.25. The van der Waals surface area contributed by atoms with Crippen LogP contribution in [0.2, 0.25) is 0 Å². The number of nitrogens with one attached hydrogen (secondary N) is 1. The fraction of sp³-hybridized carbons (Fsp3) is 0.200. The number of hydrogen-bond acceptors (Lipinski definition) is 4. The van der Waals surface area contributed by atoms with Gasteiger partial charge in [-0.25, -0.2) is 4.98 Å². The molecule has 7 nitrogen and oxygen atoms in total. The van der Waals surface area contributed by atoms with E-state index < -0.39 is 42.6 Å². The number of fused-ring (bicyclic) bond motifs is 2. The molecule has 1 atom stereocenters. The second-order valence-corrected chi connectivity index (χ2v) is 7.85. The van der Waals surface area contributed by atoms with Crippen molar-refractivity contribution in [2.24, 2.45) is 0 Å². The van der Waals surface area contributed by atoms with E-state index in [-0.39, 0.29) is 16.8 Å². The topological polar surface area (TPSA) is 84.3 Å². The summed E-state index contributed by atoms with van der Waals surface area (Å²) < 4.78 is 43.0. The molecule has 11 heteroatoms. The number of anilines is 2. The number of amides is 2. The van der Waals surface area contributed by atoms with Crippen molar-refractivity contribution in [3.8, 4) is 0 Å². The summed E-state index contributed by atoms with van der Waals surface area (Å²) in [4.78, 5) is 42.6. The maximum atomic E-state index is 13.8. The fourth-order valence-corrected chi connectivity index (χ4v) is 3.82. The van der Waals surface area contributed by atoms with Crippen LogP contribution < -0.4 is 15.8 Å². The third-order valence-corrected chi connectivity index (χ3v) is 5.36. The summed E-state index contributed by atoms with van der Waals surface area (Å²) in [5.41, 5.74) is -0.189. The minimum Gasteiger partial charge on any atom is -0.324 e. The Morgan fingerprint density at radius 1 is 1.19 bits per heavy atom. The monoisotopic (exact) mass is 494 g/mol. The van der Waals surface area contributed by atoms with E-state index in [0.29, 0.717) is 14.9 Å². The Morgan fingerprint density at radius 2 is 1.94 bits per heavy atom. The van der Waals surface area contributed by atoms with E-state index in [1.54, 1.807) is 12.1 Å². The zero-order chi connectivity index (χ0) is 22.3. The number of nitrogens with zero attached hydrogens (tertiary/aromatic N) is 3. The molecular formula is C20H14BrF3N4O3. The summed E-state index contributed by atoms with van der Waals surface area (Å²) in [6, 6.07) is 8.17. The normalized spacial score (nSPS) is 16.6. The molecule has 0 radical (unpaired) electrons. The van der Waals surface area contributed by atoms with Crippen LogP contribution in [0.5, 0.6) is 0 Å². The van der Waals surface area contributed by atoms with Gasteiger partial charge in [-0.2, -0.15) is 13.2 Å². The van der Waals surface area contributed by atoms with Crippen LogP contribution in [0.4, 0.5) is 24.5 Å². The number of carbonyl (C=O) groups is 2. The number of alkyl halides is 3. The molecule has 0 unspecified atom stereocenters. The van der Waals surface area contributed by atoms with Crippen molar-refractivity contribution >= 4 is 50.0 Å². The van der Waals surface area contributed by atoms with Crippen molar-refractivity contribution in [3.05, 3.63) is 63.6 Å². The molecule has 0 bridgehead atoms. The number of benzene rings is 2. The molecule has 0 aliphatic carbocycles. The second-order valence-electron chi connectivity index (χ2n) is 6.93. The molecule has 2 amide bonds. The average Bonchev–Trinajstić information content (AvgIpc) is 2.86. The molecule has 160 valence electrons. The Morgan fingerprint density at radius 3 is 2.68 bits per heavy atom. The molecule has 0 spiro atoms. The van der Waals surface area contributed by atoms with Gasteiger partial charge in [0.25, 0.3) is 5.56 Å². The predicted octanol–water partition coefficient (Wildman–Crippen LogP) is 3.47. The van der Waals surface area contributed by atoms with Gasteiger partial charge in [-0.1, -0.05) is 28.1 Å². The highest BCUT2D eigenvalue weighted by molar-refractivity contribution is 9.10. The first-order chi connectivity index (χ1) is 14.6. The lowest BCUT2D eigenvalue weighted by molar-refractivity contribution is -0.158. The zero-order valence-corrected chi connectivity index (χ0v) is 17.3. The Kier molecular flexibility index (Phi) is 5.29. The third kappa shape index (κ3) is 4.05. The average molecular weight is 495 g/mol. The highest BCUT2D eigenvalue weighted by Gasteiger charge is 2.49. The van der Waals surface area contributed by atoms with Gasteiger partial charge in [-0.3, -0.25) is 23.9 Å². The molecule has 0 saturated carbocycles. The number of carbonyl (C=O) groups excluding carboxylic acids is 2. The molecule has 1 aliphatic rings. The van der Waals surface area contributed by atoms with Crippen LogP contribution in [0.25, 0.3) is 10.9 Å². The molecule has 2 heterocycles. The van der Waals surface area contributed by atoms with E-state index in [0.717, 1.165) is 10.9 Å². The molecule has 1 N–H and O–H groups in total. The first-order valence-electron chi connectivity index (χ1n) is 9.07. The largest absolute Gasteiger partial charge is 0.409 e. The minimum atomic E-state index is -4.86. The molecule has 0 saturated heterocycles. The molecular weight excluding hydrogens is 481 g/mol. The van der Waals surface area contributed by atoms with E-state index in [2.05, 4.69) is 26.2 Å². The number of hydrogen-bond donors (Lipinski definition) is 1. The lowest BCUT2D eigenvalue weighted by Gasteiger charge is -2.31. The quantitative estimate of drug-likeness (QED) is 0.591. The Balaban J connectivity index is 1.78. The summed E-state index contributed by atoms with van der Waals surface area (Å²) in [7, 11) is 0. The Labute approximate surface area is 181 Å². The van der Waals surface area contributed by atoms with E-state index in [1.165, 1.54) is 30.3 Å². The van der Waals surface area contributed by atoms with Gasteiger partial charge < -0.3 is 5.32 Å². The predicted molar refractivity (Wildman–Crippen MR) is 111 cm³/mol. The molecule has 3 aromatic rings. The maximum Gasteiger partial charge on any atom is 0.409 e. The van der Waals surface area contributed by atoms with Gasteiger partial charge in [0, 0.05) is 4.47 Å². The highest BCUT2D eigenvalue weighted by Crippen LogP contribution is 2.37. The van der Waals surface area contributed by atoms with Crippen LogP contribution >= 0.6 is 15.9 Å². The maximum absolute atomic E-state index is 13.8. The van der Waals surface area contributed by atoms with E-state index >= 15 is 0 Å². The molecule has 1 aliphatic heterocycles. The molecule has 31 heavy (non-hydrogen) atoms. The summed E-state index contributed by atoms with van der Waals surface area (Å²) in [5, 5.41) is 2.61. The lowest BCUT2D eigenvalue weighted by Crippen LogP contribution is -2.51. The summed E-state index contributed by atoms with van der Waals surface area (Å²) in [6.45, 7) is -0.677. The summed E-state index contributed by atoms with van der Waals surface area (Å²) in [6.07, 6.45) is -4.70. The second kappa shape index (κ2) is 7.80. The molecule has 1 aromatic heterocycles. The smallest absolute Gasteiger partial charge is 0.324 e. The number of rotatable bonds is 2. The number of para-hydroxylation sites is 2. The highest BCUT2D eigenvalue weighted by atomic mass is 79.9. The van der Waals surface area contributed by atoms with E-state index in [4.69, 9.17) is 0 Å². The number of aromatic nitrogens is 2. The molecule has 4 rings (SSSR count). The van der Waals surface area contributed by atoms with Crippen molar-refractivity contribution in [1.82, 2.24) is 9.55 Å². The van der Waals surface area contributed by atoms with Gasteiger partial charge in [0.2, 0.25) is 11.8 Å². The zero-order valence-electron chi connectivity index (χ0n) is 15.7. The van der Waals surface area contributed by atoms with E-state index in [1.807, 2.05) is 0 Å². The Bertz CT molecular complexity index is 1260. The lowest BCUT2D eigenvalue weighted by atomic mass is 10.1. The van der Waals surface area contributed by atoms with E-state index in [9.17, 15) is 27.6 Å². The van der Waals surface area contributed by atoms with Crippen LogP contribution in [0.15, 0.2) is 58.1 Å². The van der Waals surface area contributed by atoms with Crippen molar-refractivity contribution in [2.45, 2.75) is 25.2 Å². The van der Waals surface area contributed by atoms with Gasteiger partial charge in [-0.05, 0) is 30.3 Å². The first kappa shape index (κ1) is 21.0. The Hall–Kier alpha value is -3.21. The van der Waals surface area contributed by atoms with Crippen LogP contribution in [-0.2, 0) is 16.1 Å². The minimum absolute atomic E-state index is 0.0838. The van der Waals surface area contributed by atoms with Crippen molar-refractivity contribution in [2.75, 3.05) is 10.2 Å². The van der Waals surface area contributed by atoms with Crippen LogP contribution in [-0.4, -0.2) is 33.6 Å². The third-order valence-electron chi connectivity index (χ3n) is 4.87. The van der Waals surface area contributed by atoms with Crippen LogP contribution in [0, 0.1) is 0 Å². The van der Waals surface area contributed by atoms with Gasteiger partial charge >= 0.3 is 6.18 Å². The van der Waals surface area contributed by atoms with Crippen LogP contribution in [0.1, 0.15) is 6.42 Å². The van der Waals surface area contributed by atoms with Gasteiger partial charge in [0.1, 0.15) is 12.6 Å². The van der Waals surface area contributed by atoms with Crippen molar-refractivity contribution < 1.29 is 22.8 Å². The van der Waals surface area contributed by atoms with Gasteiger partial charge in [0.15, 0.2) is 0 Å². The fourth-order valence-electron chi connectivity index (χ4n) is 3.46. The van der Waals surface area contributed by atoms with Gasteiger partial charge in [-0.15, -0.1) is 0 Å². The molecule has 0 fully saturated rings.